The van der Waals surface area contributed by atoms with Gasteiger partial charge in [-0.15, -0.1) is 0 Å². The van der Waals surface area contributed by atoms with Crippen molar-refractivity contribution in [3.05, 3.63) is 53.6 Å². The van der Waals surface area contributed by atoms with Gasteiger partial charge in [-0.1, -0.05) is 24.3 Å². The van der Waals surface area contributed by atoms with E-state index in [2.05, 4.69) is 5.32 Å². The second-order valence-corrected chi connectivity index (χ2v) is 4.00. The van der Waals surface area contributed by atoms with E-state index in [4.69, 9.17) is 11.5 Å². The van der Waals surface area contributed by atoms with Crippen LogP contribution in [0.2, 0.25) is 0 Å². The Kier molecular flexibility index (Phi) is 1.88. The van der Waals surface area contributed by atoms with Gasteiger partial charge >= 0.3 is 0 Å². The first kappa shape index (κ1) is 9.24. The Balaban J connectivity index is 2.23. The lowest BCUT2D eigenvalue weighted by Crippen LogP contribution is -2.21. The zero-order chi connectivity index (χ0) is 11.1. The van der Waals surface area contributed by atoms with E-state index >= 15 is 0 Å². The zero-order valence-electron chi connectivity index (χ0n) is 8.77. The Morgan fingerprint density at radius 3 is 2.56 bits per heavy atom. The number of rotatable bonds is 0. The average molecular weight is 211 g/mol. The third-order valence-electron chi connectivity index (χ3n) is 3.02. The quantitative estimate of drug-likeness (QED) is 0.586. The number of hydrogen-bond acceptors (Lipinski definition) is 3. The fraction of sp³-hybridized carbons (Fsp3) is 0.0769. The maximum absolute atomic E-state index is 6.24. The van der Waals surface area contributed by atoms with Crippen molar-refractivity contribution in [3.63, 3.8) is 0 Å². The SMILES string of the molecule is Nc1cccc2c1C(N)c1ccccc1N2. The highest BCUT2D eigenvalue weighted by Crippen LogP contribution is 2.40. The monoisotopic (exact) mass is 211 g/mol. The van der Waals surface area contributed by atoms with Gasteiger partial charge in [0.15, 0.2) is 0 Å². The highest BCUT2D eigenvalue weighted by molar-refractivity contribution is 5.78. The molecule has 0 amide bonds. The molecule has 0 fully saturated rings. The highest BCUT2D eigenvalue weighted by atomic mass is 14.9. The summed E-state index contributed by atoms with van der Waals surface area (Å²) < 4.78 is 0. The molecule has 3 heteroatoms. The molecule has 1 unspecified atom stereocenters. The van der Waals surface area contributed by atoms with E-state index in [1.54, 1.807) is 0 Å². The van der Waals surface area contributed by atoms with Crippen LogP contribution in [0, 0.1) is 0 Å². The third-order valence-corrected chi connectivity index (χ3v) is 3.02. The lowest BCUT2D eigenvalue weighted by Gasteiger charge is -2.27. The smallest absolute Gasteiger partial charge is 0.0613 e. The Morgan fingerprint density at radius 2 is 1.69 bits per heavy atom. The van der Waals surface area contributed by atoms with Crippen molar-refractivity contribution >= 4 is 17.1 Å². The number of para-hydroxylation sites is 1. The van der Waals surface area contributed by atoms with E-state index in [1.807, 2.05) is 42.5 Å². The minimum atomic E-state index is -0.145. The first-order valence-corrected chi connectivity index (χ1v) is 5.27. The number of benzene rings is 2. The summed E-state index contributed by atoms with van der Waals surface area (Å²) in [5.74, 6) is 0. The summed E-state index contributed by atoms with van der Waals surface area (Å²) in [6.45, 7) is 0. The summed E-state index contributed by atoms with van der Waals surface area (Å²) in [7, 11) is 0. The molecule has 2 aromatic rings. The maximum atomic E-state index is 6.24. The van der Waals surface area contributed by atoms with Crippen LogP contribution in [0.15, 0.2) is 42.5 Å². The van der Waals surface area contributed by atoms with E-state index in [9.17, 15) is 0 Å². The highest BCUT2D eigenvalue weighted by Gasteiger charge is 2.23. The van der Waals surface area contributed by atoms with Crippen LogP contribution in [0.25, 0.3) is 0 Å². The fourth-order valence-electron chi connectivity index (χ4n) is 2.22. The molecule has 3 rings (SSSR count). The standard InChI is InChI=1S/C13H13N3/c14-9-5-3-7-11-12(9)13(15)8-4-1-2-6-10(8)16-11/h1-7,13,16H,14-15H2. The van der Waals surface area contributed by atoms with Gasteiger partial charge in [0.1, 0.15) is 0 Å². The molecule has 0 spiro atoms. The number of hydrogen-bond donors (Lipinski definition) is 3. The van der Waals surface area contributed by atoms with E-state index < -0.39 is 0 Å². The average Bonchev–Trinajstić information content (AvgIpc) is 2.29. The summed E-state index contributed by atoms with van der Waals surface area (Å²) in [5, 5.41) is 3.35. The van der Waals surface area contributed by atoms with Crippen LogP contribution in [-0.2, 0) is 0 Å². The lowest BCUT2D eigenvalue weighted by atomic mass is 9.91. The van der Waals surface area contributed by atoms with Gasteiger partial charge in [0.2, 0.25) is 0 Å². The van der Waals surface area contributed by atoms with Crippen LogP contribution in [-0.4, -0.2) is 0 Å². The maximum Gasteiger partial charge on any atom is 0.0613 e. The van der Waals surface area contributed by atoms with Crippen molar-refractivity contribution in [2.75, 3.05) is 11.1 Å². The van der Waals surface area contributed by atoms with Crippen molar-refractivity contribution in [2.24, 2.45) is 5.73 Å². The summed E-state index contributed by atoms with van der Waals surface area (Å²) in [4.78, 5) is 0. The molecule has 1 aliphatic rings. The molecule has 2 aromatic carbocycles. The van der Waals surface area contributed by atoms with Gasteiger partial charge in [-0.25, -0.2) is 0 Å². The van der Waals surface area contributed by atoms with Crippen LogP contribution in [0.4, 0.5) is 17.1 Å². The van der Waals surface area contributed by atoms with Gasteiger partial charge in [-0.3, -0.25) is 0 Å². The lowest BCUT2D eigenvalue weighted by molar-refractivity contribution is 0.867. The molecular weight excluding hydrogens is 198 g/mol. The fourth-order valence-corrected chi connectivity index (χ4v) is 2.22. The van der Waals surface area contributed by atoms with Gasteiger partial charge in [-0.05, 0) is 23.8 Å². The van der Waals surface area contributed by atoms with Crippen molar-refractivity contribution in [3.8, 4) is 0 Å². The van der Waals surface area contributed by atoms with E-state index in [0.29, 0.717) is 0 Å². The molecule has 0 saturated heterocycles. The minimum Gasteiger partial charge on any atom is -0.398 e. The van der Waals surface area contributed by atoms with Gasteiger partial charge in [-0.2, -0.15) is 0 Å². The minimum absolute atomic E-state index is 0.145. The Labute approximate surface area is 94.1 Å². The topological polar surface area (TPSA) is 64.1 Å². The Morgan fingerprint density at radius 1 is 0.938 bits per heavy atom. The molecule has 0 aliphatic carbocycles. The molecule has 1 atom stereocenters. The molecule has 5 N–H and O–H groups in total. The van der Waals surface area contributed by atoms with E-state index in [-0.39, 0.29) is 6.04 Å². The number of fused-ring (bicyclic) bond motifs is 2. The van der Waals surface area contributed by atoms with E-state index in [1.165, 1.54) is 0 Å². The van der Waals surface area contributed by atoms with Crippen LogP contribution in [0.1, 0.15) is 17.2 Å². The van der Waals surface area contributed by atoms with Gasteiger partial charge < -0.3 is 16.8 Å². The normalized spacial score (nSPS) is 17.2. The Hall–Kier alpha value is -2.00. The molecule has 80 valence electrons. The van der Waals surface area contributed by atoms with Crippen molar-refractivity contribution in [1.82, 2.24) is 0 Å². The molecule has 3 nitrogen and oxygen atoms in total. The summed E-state index contributed by atoms with van der Waals surface area (Å²) in [6.07, 6.45) is 0. The van der Waals surface area contributed by atoms with Crippen molar-refractivity contribution in [1.29, 1.82) is 0 Å². The van der Waals surface area contributed by atoms with E-state index in [0.717, 1.165) is 28.2 Å². The molecule has 1 aliphatic heterocycles. The number of nitrogen functional groups attached to an aromatic ring is 1. The zero-order valence-corrected chi connectivity index (χ0v) is 8.77. The molecule has 0 saturated carbocycles. The Bertz CT molecular complexity index is 549. The third kappa shape index (κ3) is 1.19. The van der Waals surface area contributed by atoms with Crippen molar-refractivity contribution in [2.45, 2.75) is 6.04 Å². The second-order valence-electron chi connectivity index (χ2n) is 4.00. The van der Waals surface area contributed by atoms with Crippen LogP contribution in [0.5, 0.6) is 0 Å². The molecule has 0 radical (unpaired) electrons. The first-order valence-electron chi connectivity index (χ1n) is 5.27. The molecule has 0 aromatic heterocycles. The largest absolute Gasteiger partial charge is 0.398 e. The predicted molar refractivity (Wildman–Crippen MR) is 66.6 cm³/mol. The van der Waals surface area contributed by atoms with Gasteiger partial charge in [0.25, 0.3) is 0 Å². The first-order chi connectivity index (χ1) is 7.77. The second kappa shape index (κ2) is 3.25. The molecule has 0 bridgehead atoms. The predicted octanol–water partition coefficient (Wildman–Crippen LogP) is 2.37. The summed E-state index contributed by atoms with van der Waals surface area (Å²) in [5.41, 5.74) is 17.1. The van der Waals surface area contributed by atoms with Crippen LogP contribution < -0.4 is 16.8 Å². The number of nitrogens with one attached hydrogen (secondary N) is 1. The number of nitrogens with two attached hydrogens (primary N) is 2. The van der Waals surface area contributed by atoms with Crippen LogP contribution >= 0.6 is 0 Å². The van der Waals surface area contributed by atoms with Crippen LogP contribution in [0.3, 0.4) is 0 Å². The van der Waals surface area contributed by atoms with Gasteiger partial charge in [0.05, 0.1) is 6.04 Å². The summed E-state index contributed by atoms with van der Waals surface area (Å²) in [6, 6.07) is 13.7. The molecular formula is C13H13N3. The van der Waals surface area contributed by atoms with Crippen molar-refractivity contribution < 1.29 is 0 Å². The van der Waals surface area contributed by atoms with Gasteiger partial charge in [0, 0.05) is 22.6 Å². The number of anilines is 3. The molecule has 1 heterocycles. The summed E-state index contributed by atoms with van der Waals surface area (Å²) >= 11 is 0. The molecule has 16 heavy (non-hydrogen) atoms.